The molecule has 6 nitrogen and oxygen atoms in total. The number of nitrogens with zero attached hydrogens (tertiary/aromatic N) is 1. The first kappa shape index (κ1) is 23.0. The van der Waals surface area contributed by atoms with E-state index in [1.54, 1.807) is 54.6 Å². The van der Waals surface area contributed by atoms with Gasteiger partial charge in [0.25, 0.3) is 11.8 Å². The number of carbonyl (C=O) groups is 2. The van der Waals surface area contributed by atoms with Crippen LogP contribution in [-0.2, 0) is 16.2 Å². The molecule has 0 atom stereocenters. The number of anilines is 1. The predicted molar refractivity (Wildman–Crippen MR) is 129 cm³/mol. The molecule has 3 aromatic rings. The van der Waals surface area contributed by atoms with E-state index < -0.39 is 11.8 Å². The summed E-state index contributed by atoms with van der Waals surface area (Å²) >= 11 is 18.6. The van der Waals surface area contributed by atoms with Crippen LogP contribution in [0.5, 0.6) is 11.5 Å². The summed E-state index contributed by atoms with van der Waals surface area (Å²) < 4.78 is 11.3. The molecular formula is C24H17Cl3N2O4. The third-order valence-electron chi connectivity index (χ3n) is 4.86. The summed E-state index contributed by atoms with van der Waals surface area (Å²) in [6, 6.07) is 17.1. The van der Waals surface area contributed by atoms with Crippen LogP contribution >= 0.6 is 34.8 Å². The van der Waals surface area contributed by atoms with Gasteiger partial charge in [-0.1, -0.05) is 59.1 Å². The second-order valence-corrected chi connectivity index (χ2v) is 8.28. The van der Waals surface area contributed by atoms with E-state index in [-0.39, 0.29) is 17.2 Å². The molecule has 1 aliphatic heterocycles. The van der Waals surface area contributed by atoms with Gasteiger partial charge in [-0.05, 0) is 48.0 Å². The topological polar surface area (TPSA) is 67.9 Å². The van der Waals surface area contributed by atoms with E-state index in [2.05, 4.69) is 5.43 Å². The van der Waals surface area contributed by atoms with E-state index in [4.69, 9.17) is 44.3 Å². The van der Waals surface area contributed by atoms with Crippen LogP contribution in [0.15, 0.2) is 66.2 Å². The predicted octanol–water partition coefficient (Wildman–Crippen LogP) is 5.70. The Morgan fingerprint density at radius 3 is 2.42 bits per heavy atom. The van der Waals surface area contributed by atoms with Gasteiger partial charge in [0.1, 0.15) is 12.2 Å². The standard InChI is InChI=1S/C24H17Cl3N2O4/c1-32-21-11-14(9-18-23(30)28-29(24(18)31)17-5-3-2-4-6-17)10-20(27)22(21)33-13-15-7-8-16(25)12-19(15)26/h2-12H,13H2,1H3,(H,28,30)/b18-9-. The van der Waals surface area contributed by atoms with Gasteiger partial charge < -0.3 is 9.47 Å². The van der Waals surface area contributed by atoms with Gasteiger partial charge in [0.2, 0.25) is 0 Å². The molecular weight excluding hydrogens is 487 g/mol. The number of para-hydroxylation sites is 1. The normalized spacial score (nSPS) is 14.5. The number of hydrogen-bond donors (Lipinski definition) is 1. The minimum absolute atomic E-state index is 0.0291. The summed E-state index contributed by atoms with van der Waals surface area (Å²) in [5.41, 5.74) is 4.31. The molecule has 4 rings (SSSR count). The summed E-state index contributed by atoms with van der Waals surface area (Å²) in [7, 11) is 1.47. The summed E-state index contributed by atoms with van der Waals surface area (Å²) in [5, 5.41) is 2.43. The zero-order valence-corrected chi connectivity index (χ0v) is 19.5. The van der Waals surface area contributed by atoms with E-state index in [0.29, 0.717) is 32.8 Å². The number of amides is 2. The van der Waals surface area contributed by atoms with Gasteiger partial charge in [0.05, 0.1) is 17.8 Å². The second kappa shape index (κ2) is 9.75. The first-order chi connectivity index (χ1) is 15.9. The van der Waals surface area contributed by atoms with Gasteiger partial charge in [-0.3, -0.25) is 15.0 Å². The number of nitrogens with one attached hydrogen (secondary N) is 1. The molecule has 3 aromatic carbocycles. The molecule has 0 aliphatic carbocycles. The zero-order valence-electron chi connectivity index (χ0n) is 17.3. The van der Waals surface area contributed by atoms with Crippen LogP contribution in [0, 0.1) is 0 Å². The number of rotatable bonds is 6. The molecule has 1 aliphatic rings. The molecule has 1 saturated heterocycles. The molecule has 2 amide bonds. The van der Waals surface area contributed by atoms with Gasteiger partial charge in [-0.2, -0.15) is 0 Å². The molecule has 0 unspecified atom stereocenters. The Bertz CT molecular complexity index is 1260. The van der Waals surface area contributed by atoms with E-state index in [1.807, 2.05) is 6.07 Å². The van der Waals surface area contributed by atoms with Gasteiger partial charge in [-0.25, -0.2) is 5.01 Å². The van der Waals surface area contributed by atoms with E-state index in [9.17, 15) is 9.59 Å². The van der Waals surface area contributed by atoms with E-state index in [1.165, 1.54) is 18.2 Å². The third kappa shape index (κ3) is 4.93. The Morgan fingerprint density at radius 1 is 0.970 bits per heavy atom. The number of methoxy groups -OCH3 is 1. The van der Waals surface area contributed by atoms with Crippen LogP contribution in [0.1, 0.15) is 11.1 Å². The lowest BCUT2D eigenvalue weighted by Crippen LogP contribution is -2.35. The Hall–Kier alpha value is -3.19. The van der Waals surface area contributed by atoms with Crippen LogP contribution in [0.3, 0.4) is 0 Å². The molecule has 1 fully saturated rings. The molecule has 1 N–H and O–H groups in total. The van der Waals surface area contributed by atoms with E-state index >= 15 is 0 Å². The molecule has 168 valence electrons. The van der Waals surface area contributed by atoms with Gasteiger partial charge >= 0.3 is 0 Å². The van der Waals surface area contributed by atoms with Crippen molar-refractivity contribution in [3.05, 3.63) is 92.4 Å². The number of halogens is 3. The molecule has 9 heteroatoms. The molecule has 0 aromatic heterocycles. The Morgan fingerprint density at radius 2 is 1.73 bits per heavy atom. The van der Waals surface area contributed by atoms with Crippen molar-refractivity contribution in [3.8, 4) is 11.5 Å². The number of ether oxygens (including phenoxy) is 2. The number of hydrogen-bond acceptors (Lipinski definition) is 4. The van der Waals surface area contributed by atoms with Crippen LogP contribution in [0.25, 0.3) is 6.08 Å². The molecule has 33 heavy (non-hydrogen) atoms. The first-order valence-electron chi connectivity index (χ1n) is 9.74. The van der Waals surface area contributed by atoms with Gasteiger partial charge in [0.15, 0.2) is 11.5 Å². The highest BCUT2D eigenvalue weighted by Crippen LogP contribution is 2.38. The van der Waals surface area contributed by atoms with Crippen molar-refractivity contribution in [2.45, 2.75) is 6.61 Å². The van der Waals surface area contributed by atoms with E-state index in [0.717, 1.165) is 5.56 Å². The fraction of sp³-hybridized carbons (Fsp3) is 0.0833. The van der Waals surface area contributed by atoms with Crippen LogP contribution in [-0.4, -0.2) is 18.9 Å². The van der Waals surface area contributed by atoms with Crippen molar-refractivity contribution in [2.75, 3.05) is 12.1 Å². The van der Waals surface area contributed by atoms with Crippen molar-refractivity contribution in [3.63, 3.8) is 0 Å². The quantitative estimate of drug-likeness (QED) is 0.346. The smallest absolute Gasteiger partial charge is 0.282 e. The lowest BCUT2D eigenvalue weighted by atomic mass is 10.1. The maximum atomic E-state index is 12.8. The Labute approximate surface area is 205 Å². The minimum Gasteiger partial charge on any atom is -0.493 e. The summed E-state index contributed by atoms with van der Waals surface area (Å²) in [6.07, 6.45) is 1.45. The third-order valence-corrected chi connectivity index (χ3v) is 5.72. The number of hydrazine groups is 1. The highest BCUT2D eigenvalue weighted by atomic mass is 35.5. The van der Waals surface area contributed by atoms with Crippen LogP contribution < -0.4 is 19.9 Å². The average Bonchev–Trinajstić information content (AvgIpc) is 3.08. The lowest BCUT2D eigenvalue weighted by Gasteiger charge is -2.14. The number of benzene rings is 3. The highest BCUT2D eigenvalue weighted by molar-refractivity contribution is 6.35. The van der Waals surface area contributed by atoms with Crippen molar-refractivity contribution >= 4 is 58.4 Å². The van der Waals surface area contributed by atoms with Crippen LogP contribution in [0.4, 0.5) is 5.69 Å². The van der Waals surface area contributed by atoms with Crippen molar-refractivity contribution < 1.29 is 19.1 Å². The summed E-state index contributed by atoms with van der Waals surface area (Å²) in [6.45, 7) is 0.138. The Balaban J connectivity index is 1.59. The molecule has 0 spiro atoms. The summed E-state index contributed by atoms with van der Waals surface area (Å²) in [4.78, 5) is 25.2. The highest BCUT2D eigenvalue weighted by Gasteiger charge is 2.34. The second-order valence-electron chi connectivity index (χ2n) is 7.03. The average molecular weight is 504 g/mol. The largest absolute Gasteiger partial charge is 0.493 e. The molecule has 0 bridgehead atoms. The van der Waals surface area contributed by atoms with Crippen molar-refractivity contribution in [1.29, 1.82) is 0 Å². The van der Waals surface area contributed by atoms with Crippen molar-refractivity contribution in [1.82, 2.24) is 5.43 Å². The SMILES string of the molecule is COc1cc(/C=C2/C(=O)NN(c3ccccc3)C2=O)cc(Cl)c1OCc1ccc(Cl)cc1Cl. The fourth-order valence-corrected chi connectivity index (χ4v) is 3.97. The first-order valence-corrected chi connectivity index (χ1v) is 10.9. The van der Waals surface area contributed by atoms with Gasteiger partial charge in [-0.15, -0.1) is 0 Å². The minimum atomic E-state index is -0.517. The summed E-state index contributed by atoms with van der Waals surface area (Å²) in [5.74, 6) is -0.346. The molecule has 0 radical (unpaired) electrons. The Kier molecular flexibility index (Phi) is 6.79. The zero-order chi connectivity index (χ0) is 23.5. The number of carbonyl (C=O) groups excluding carboxylic acids is 2. The monoisotopic (exact) mass is 502 g/mol. The lowest BCUT2D eigenvalue weighted by molar-refractivity contribution is -0.117. The molecule has 1 heterocycles. The maximum Gasteiger partial charge on any atom is 0.282 e. The van der Waals surface area contributed by atoms with Gasteiger partial charge in [0, 0.05) is 15.6 Å². The van der Waals surface area contributed by atoms with Crippen LogP contribution in [0.2, 0.25) is 15.1 Å². The molecule has 0 saturated carbocycles. The maximum absolute atomic E-state index is 12.8. The van der Waals surface area contributed by atoms with Crippen molar-refractivity contribution in [2.24, 2.45) is 0 Å². The fourth-order valence-electron chi connectivity index (χ4n) is 3.23.